The zero-order chi connectivity index (χ0) is 9.23. The SMILES string of the molecule is CCCCCC/C=C/[CH+]C(=O)[O-]. The topological polar surface area (TPSA) is 40.1 Å². The Balaban J connectivity index is 3.08. The van der Waals surface area contributed by atoms with Gasteiger partial charge in [-0.05, 0) is 6.42 Å². The number of carbonyl (C=O) groups excluding carboxylic acids is 1. The predicted molar refractivity (Wildman–Crippen MR) is 47.2 cm³/mol. The summed E-state index contributed by atoms with van der Waals surface area (Å²) < 4.78 is 0. The number of carboxylic acid groups (broad SMARTS) is 1. The van der Waals surface area contributed by atoms with Gasteiger partial charge in [0.05, 0.1) is 12.5 Å². The molecule has 0 atom stereocenters. The summed E-state index contributed by atoms with van der Waals surface area (Å²) in [5, 5.41) is 9.92. The summed E-state index contributed by atoms with van der Waals surface area (Å²) in [5.41, 5.74) is 0. The lowest BCUT2D eigenvalue weighted by Gasteiger charge is -1.91. The molecule has 0 aromatic rings. The maximum Gasteiger partial charge on any atom is 0.156 e. The molecule has 2 heteroatoms. The third-order valence-electron chi connectivity index (χ3n) is 1.59. The van der Waals surface area contributed by atoms with Crippen LogP contribution < -0.4 is 5.11 Å². The van der Waals surface area contributed by atoms with Crippen molar-refractivity contribution >= 4 is 5.97 Å². The molecule has 68 valence electrons. The highest BCUT2D eigenvalue weighted by molar-refractivity contribution is 5.76. The fraction of sp³-hybridized carbons (Fsp3) is 0.600. The Morgan fingerprint density at radius 2 is 2.17 bits per heavy atom. The monoisotopic (exact) mass is 168 g/mol. The summed E-state index contributed by atoms with van der Waals surface area (Å²) in [6.45, 7) is 2.17. The Morgan fingerprint density at radius 1 is 1.42 bits per heavy atom. The molecule has 0 spiro atoms. The Hall–Kier alpha value is -0.920. The average Bonchev–Trinajstić information content (AvgIpc) is 2.02. The Morgan fingerprint density at radius 3 is 2.75 bits per heavy atom. The van der Waals surface area contributed by atoms with Crippen molar-refractivity contribution in [1.82, 2.24) is 0 Å². The van der Waals surface area contributed by atoms with E-state index in [1.807, 2.05) is 6.08 Å². The lowest BCUT2D eigenvalue weighted by molar-refractivity contribution is -0.299. The Bertz CT molecular complexity index is 139. The molecule has 0 aliphatic carbocycles. The maximum atomic E-state index is 9.92. The van der Waals surface area contributed by atoms with E-state index in [-0.39, 0.29) is 0 Å². The first-order valence-corrected chi connectivity index (χ1v) is 4.48. The molecule has 0 aliphatic heterocycles. The van der Waals surface area contributed by atoms with Gasteiger partial charge in [-0.2, -0.15) is 0 Å². The summed E-state index contributed by atoms with van der Waals surface area (Å²) in [4.78, 5) is 9.92. The average molecular weight is 168 g/mol. The molecule has 12 heavy (non-hydrogen) atoms. The molecule has 0 bridgehead atoms. The van der Waals surface area contributed by atoms with Crippen molar-refractivity contribution < 1.29 is 9.90 Å². The van der Waals surface area contributed by atoms with Crippen LogP contribution >= 0.6 is 0 Å². The number of rotatable bonds is 7. The van der Waals surface area contributed by atoms with Crippen LogP contribution in [0.4, 0.5) is 0 Å². The summed E-state index contributed by atoms with van der Waals surface area (Å²) >= 11 is 0. The van der Waals surface area contributed by atoms with Crippen LogP contribution in [0.3, 0.4) is 0 Å². The molecular weight excluding hydrogens is 152 g/mol. The molecule has 0 aliphatic rings. The second kappa shape index (κ2) is 8.18. The van der Waals surface area contributed by atoms with Crippen molar-refractivity contribution in [2.45, 2.75) is 39.0 Å². The van der Waals surface area contributed by atoms with Gasteiger partial charge in [0.15, 0.2) is 5.97 Å². The number of allylic oxidation sites excluding steroid dienone is 1. The Kier molecular flexibility index (Phi) is 7.55. The highest BCUT2D eigenvalue weighted by Crippen LogP contribution is 2.02. The van der Waals surface area contributed by atoms with Crippen molar-refractivity contribution in [2.75, 3.05) is 0 Å². The van der Waals surface area contributed by atoms with Gasteiger partial charge >= 0.3 is 0 Å². The molecule has 0 rings (SSSR count). The number of aliphatic carboxylic acids is 1. The molecule has 0 fully saturated rings. The smallest absolute Gasteiger partial charge is 0.156 e. The summed E-state index contributed by atoms with van der Waals surface area (Å²) in [5.74, 6) is -1.13. The summed E-state index contributed by atoms with van der Waals surface area (Å²) in [6, 6.07) is 0. The standard InChI is InChI=1S/C10H16O2/c1-2-3-4-5-6-7-8-9-10(11)12/h7-9H,2-6H2,1H3/b8-7+. The minimum absolute atomic E-state index is 0.962. The second-order valence-electron chi connectivity index (χ2n) is 2.76. The van der Waals surface area contributed by atoms with Crippen LogP contribution in [0.2, 0.25) is 0 Å². The van der Waals surface area contributed by atoms with Gasteiger partial charge < -0.3 is 9.90 Å². The second-order valence-corrected chi connectivity index (χ2v) is 2.76. The highest BCUT2D eigenvalue weighted by atomic mass is 16.4. The molecule has 2 nitrogen and oxygen atoms in total. The molecule has 0 amide bonds. The molecule has 0 radical (unpaired) electrons. The van der Waals surface area contributed by atoms with E-state index in [9.17, 15) is 9.90 Å². The van der Waals surface area contributed by atoms with Gasteiger partial charge in [0.2, 0.25) is 0 Å². The van der Waals surface area contributed by atoms with Crippen LogP contribution in [0.25, 0.3) is 0 Å². The number of carboxylic acids is 1. The van der Waals surface area contributed by atoms with Crippen LogP contribution in [-0.2, 0) is 4.79 Å². The van der Waals surface area contributed by atoms with Crippen LogP contribution in [0.15, 0.2) is 12.2 Å². The Labute approximate surface area is 74.3 Å². The third-order valence-corrected chi connectivity index (χ3v) is 1.59. The quantitative estimate of drug-likeness (QED) is 0.426. The third kappa shape index (κ3) is 9.08. The van der Waals surface area contributed by atoms with E-state index in [4.69, 9.17) is 0 Å². The summed E-state index contributed by atoms with van der Waals surface area (Å²) in [7, 11) is 0. The van der Waals surface area contributed by atoms with Crippen LogP contribution in [-0.4, -0.2) is 5.97 Å². The predicted octanol–water partition coefficient (Wildman–Crippen LogP) is 1.47. The minimum Gasteiger partial charge on any atom is -0.527 e. The van der Waals surface area contributed by atoms with E-state index in [1.165, 1.54) is 19.3 Å². The highest BCUT2D eigenvalue weighted by Gasteiger charge is 1.90. The van der Waals surface area contributed by atoms with Crippen molar-refractivity contribution in [3.63, 3.8) is 0 Å². The number of unbranched alkanes of at least 4 members (excludes halogenated alkanes) is 4. The normalized spacial score (nSPS) is 10.4. The van der Waals surface area contributed by atoms with Crippen molar-refractivity contribution in [3.05, 3.63) is 18.6 Å². The molecule has 0 saturated heterocycles. The minimum atomic E-state index is -1.13. The molecular formula is C10H16O2. The van der Waals surface area contributed by atoms with E-state index in [1.54, 1.807) is 6.08 Å². The molecule has 0 N–H and O–H groups in total. The van der Waals surface area contributed by atoms with Crippen molar-refractivity contribution in [1.29, 1.82) is 0 Å². The zero-order valence-corrected chi connectivity index (χ0v) is 7.58. The van der Waals surface area contributed by atoms with Crippen LogP contribution in [0, 0.1) is 6.42 Å². The molecule has 0 saturated carbocycles. The fourth-order valence-electron chi connectivity index (χ4n) is 0.932. The summed E-state index contributed by atoms with van der Waals surface area (Å²) in [6.07, 6.45) is 10.3. The maximum absolute atomic E-state index is 9.92. The van der Waals surface area contributed by atoms with Gasteiger partial charge in [-0.3, -0.25) is 0 Å². The van der Waals surface area contributed by atoms with E-state index in [2.05, 4.69) is 6.92 Å². The molecule has 0 aromatic heterocycles. The number of carbonyl (C=O) groups is 1. The van der Waals surface area contributed by atoms with Gasteiger partial charge in [0, 0.05) is 12.5 Å². The zero-order valence-electron chi connectivity index (χ0n) is 7.58. The van der Waals surface area contributed by atoms with E-state index in [0.717, 1.165) is 19.3 Å². The van der Waals surface area contributed by atoms with Gasteiger partial charge in [-0.15, -0.1) is 0 Å². The van der Waals surface area contributed by atoms with Gasteiger partial charge in [0.25, 0.3) is 0 Å². The van der Waals surface area contributed by atoms with Crippen LogP contribution in [0.1, 0.15) is 39.0 Å². The molecule has 0 unspecified atom stereocenters. The lowest BCUT2D eigenvalue weighted by atomic mass is 10.1. The first-order valence-electron chi connectivity index (χ1n) is 4.48. The van der Waals surface area contributed by atoms with Crippen molar-refractivity contribution in [2.24, 2.45) is 0 Å². The van der Waals surface area contributed by atoms with Gasteiger partial charge in [-0.1, -0.05) is 26.2 Å². The van der Waals surface area contributed by atoms with E-state index in [0.29, 0.717) is 0 Å². The fourth-order valence-corrected chi connectivity index (χ4v) is 0.932. The van der Waals surface area contributed by atoms with Crippen LogP contribution in [0.5, 0.6) is 0 Å². The van der Waals surface area contributed by atoms with Gasteiger partial charge in [0.1, 0.15) is 0 Å². The largest absolute Gasteiger partial charge is 0.527 e. The number of hydrogen-bond acceptors (Lipinski definition) is 2. The lowest BCUT2D eigenvalue weighted by Crippen LogP contribution is -2.21. The van der Waals surface area contributed by atoms with E-state index < -0.39 is 5.97 Å². The van der Waals surface area contributed by atoms with Crippen molar-refractivity contribution in [3.8, 4) is 0 Å². The molecule has 0 heterocycles. The van der Waals surface area contributed by atoms with E-state index >= 15 is 0 Å². The first kappa shape index (κ1) is 11.1. The number of hydrogen-bond donors (Lipinski definition) is 0. The first-order chi connectivity index (χ1) is 5.77. The molecule has 0 aromatic carbocycles. The van der Waals surface area contributed by atoms with Gasteiger partial charge in [-0.25, -0.2) is 0 Å².